The van der Waals surface area contributed by atoms with Crippen LogP contribution in [-0.4, -0.2) is 18.1 Å². The number of benzene rings is 1. The number of urea groups is 1. The molecule has 1 aromatic heterocycles. The van der Waals surface area contributed by atoms with E-state index in [4.69, 9.17) is 9.52 Å². The predicted molar refractivity (Wildman–Crippen MR) is 91.2 cm³/mol. The van der Waals surface area contributed by atoms with Gasteiger partial charge in [0.15, 0.2) is 0 Å². The van der Waals surface area contributed by atoms with E-state index < -0.39 is 16.8 Å². The van der Waals surface area contributed by atoms with Gasteiger partial charge in [0, 0.05) is 17.8 Å². The molecule has 2 amide bonds. The maximum absolute atomic E-state index is 12.0. The summed E-state index contributed by atoms with van der Waals surface area (Å²) in [5, 5.41) is 2.75. The van der Waals surface area contributed by atoms with Gasteiger partial charge in [-0.1, -0.05) is 22.9 Å². The molecule has 8 heteroatoms. The molecule has 7 nitrogen and oxygen atoms in total. The Hall–Kier alpha value is -2.61. The van der Waals surface area contributed by atoms with Crippen LogP contribution < -0.4 is 14.8 Å². The second kappa shape index (κ2) is 6.88. The Kier molecular flexibility index (Phi) is 4.66. The van der Waals surface area contributed by atoms with Gasteiger partial charge >= 0.3 is 6.03 Å². The summed E-state index contributed by atoms with van der Waals surface area (Å²) in [6.07, 6.45) is 4.50. The Bertz CT molecular complexity index is 856. The van der Waals surface area contributed by atoms with Crippen molar-refractivity contribution in [3.8, 4) is 17.0 Å². The maximum atomic E-state index is 12.0. The van der Waals surface area contributed by atoms with Gasteiger partial charge in [-0.25, -0.2) is 4.98 Å². The number of pyridine rings is 1. The molecule has 0 atom stereocenters. The lowest BCUT2D eigenvalue weighted by molar-refractivity contribution is 0.257. The van der Waals surface area contributed by atoms with Crippen molar-refractivity contribution in [3.05, 3.63) is 41.6 Å². The molecule has 24 heavy (non-hydrogen) atoms. The SMILES string of the molecule is COc1cc(-c2ccc3c(c2NC(=O)N[S-](=N)=O)CCC3)ccn1. The van der Waals surface area contributed by atoms with Gasteiger partial charge in [-0.15, -0.1) is 0 Å². The monoisotopic (exact) mass is 345 g/mol. The van der Waals surface area contributed by atoms with E-state index in [2.05, 4.69) is 16.4 Å². The molecule has 0 fully saturated rings. The molecule has 1 aliphatic carbocycles. The quantitative estimate of drug-likeness (QED) is 0.741. The van der Waals surface area contributed by atoms with E-state index in [1.54, 1.807) is 19.4 Å². The average Bonchev–Trinajstić information content (AvgIpc) is 3.03. The highest BCUT2D eigenvalue weighted by Gasteiger charge is 2.20. The van der Waals surface area contributed by atoms with Crippen LogP contribution in [0, 0.1) is 4.78 Å². The lowest BCUT2D eigenvalue weighted by Gasteiger charge is -2.17. The molecule has 3 rings (SSSR count). The number of amides is 2. The standard InChI is InChI=1S/C16H17N4O3S/c1-23-14-9-11(7-8-18-14)13-6-5-10-3-2-4-12(10)15(13)19-16(21)20-24(17)22/h5-9H,2-4H2,1H3,(H3,17,19,20,21,22)/q-1. The fourth-order valence-electron chi connectivity index (χ4n) is 2.96. The topological polar surface area (TPSA) is 104 Å². The summed E-state index contributed by atoms with van der Waals surface area (Å²) in [5.41, 5.74) is 4.65. The minimum absolute atomic E-state index is 0.482. The number of carbonyl (C=O) groups excluding carboxylic acids is 1. The zero-order valence-corrected chi connectivity index (χ0v) is 13.9. The molecule has 1 heterocycles. The van der Waals surface area contributed by atoms with Crippen LogP contribution in [0.5, 0.6) is 5.88 Å². The molecule has 3 N–H and O–H groups in total. The lowest BCUT2D eigenvalue weighted by Crippen LogP contribution is -2.27. The van der Waals surface area contributed by atoms with E-state index in [-0.39, 0.29) is 0 Å². The Morgan fingerprint density at radius 1 is 1.33 bits per heavy atom. The number of methoxy groups -OCH3 is 1. The molecule has 1 aliphatic rings. The van der Waals surface area contributed by atoms with Gasteiger partial charge in [0.25, 0.3) is 0 Å². The minimum Gasteiger partial charge on any atom is -0.481 e. The molecule has 0 saturated heterocycles. The van der Waals surface area contributed by atoms with Crippen molar-refractivity contribution in [3.63, 3.8) is 0 Å². The molecule has 0 aliphatic heterocycles. The fraction of sp³-hybridized carbons (Fsp3) is 0.250. The highest BCUT2D eigenvalue weighted by molar-refractivity contribution is 7.72. The molecule has 0 bridgehead atoms. The van der Waals surface area contributed by atoms with Crippen LogP contribution >= 0.6 is 0 Å². The number of nitrogens with one attached hydrogen (secondary N) is 3. The minimum atomic E-state index is -2.17. The number of nitrogens with zero attached hydrogens (tertiary/aromatic N) is 1. The molecular formula is C16H17N4O3S-. The first-order valence-corrected chi connectivity index (χ1v) is 8.59. The summed E-state index contributed by atoms with van der Waals surface area (Å²) in [4.78, 5) is 16.1. The Morgan fingerprint density at radius 3 is 2.92 bits per heavy atom. The van der Waals surface area contributed by atoms with Gasteiger partial charge in [0.2, 0.25) is 5.88 Å². The average molecular weight is 345 g/mol. The maximum Gasteiger partial charge on any atom is 0.303 e. The molecule has 2 aromatic rings. The zero-order valence-electron chi connectivity index (χ0n) is 13.1. The first kappa shape index (κ1) is 16.3. The number of aryl methyl sites for hydroxylation is 1. The third-order valence-electron chi connectivity index (χ3n) is 3.96. The second-order valence-corrected chi connectivity index (χ2v) is 6.13. The summed E-state index contributed by atoms with van der Waals surface area (Å²) >= 11 is 0. The number of anilines is 1. The van der Waals surface area contributed by atoms with E-state index in [9.17, 15) is 9.00 Å². The second-order valence-electron chi connectivity index (χ2n) is 5.39. The summed E-state index contributed by atoms with van der Waals surface area (Å²) in [7, 11) is -0.619. The third-order valence-corrected chi connectivity index (χ3v) is 4.33. The Labute approximate surface area is 141 Å². The molecule has 126 valence electrons. The van der Waals surface area contributed by atoms with Gasteiger partial charge in [-0.3, -0.25) is 4.79 Å². The predicted octanol–water partition coefficient (Wildman–Crippen LogP) is 3.01. The molecule has 0 unspecified atom stereocenters. The third kappa shape index (κ3) is 3.33. The van der Waals surface area contributed by atoms with E-state index >= 15 is 0 Å². The van der Waals surface area contributed by atoms with E-state index in [0.717, 1.165) is 36.0 Å². The summed E-state index contributed by atoms with van der Waals surface area (Å²) in [6.45, 7) is 0. The van der Waals surface area contributed by atoms with Crippen LogP contribution in [-0.2, 0) is 27.8 Å². The number of hydrogen-bond acceptors (Lipinski definition) is 6. The summed E-state index contributed by atoms with van der Waals surface area (Å²) in [5.74, 6) is 0.482. The van der Waals surface area contributed by atoms with Gasteiger partial charge < -0.3 is 23.8 Å². The molecular weight excluding hydrogens is 328 g/mol. The largest absolute Gasteiger partial charge is 0.481 e. The molecule has 0 spiro atoms. The van der Waals surface area contributed by atoms with Crippen LogP contribution in [0.3, 0.4) is 0 Å². The number of carbonyl (C=O) groups is 1. The van der Waals surface area contributed by atoms with Crippen LogP contribution in [0.25, 0.3) is 11.1 Å². The van der Waals surface area contributed by atoms with Crippen molar-refractivity contribution in [2.45, 2.75) is 19.3 Å². The molecule has 0 saturated carbocycles. The van der Waals surface area contributed by atoms with Crippen molar-refractivity contribution >= 4 is 22.5 Å². The van der Waals surface area contributed by atoms with E-state index in [1.165, 1.54) is 5.56 Å². The van der Waals surface area contributed by atoms with Gasteiger partial charge in [-0.2, -0.15) is 0 Å². The number of fused-ring (bicyclic) bond motifs is 1. The summed E-state index contributed by atoms with van der Waals surface area (Å²) < 4.78 is 25.1. The normalized spacial score (nSPS) is 12.8. The van der Waals surface area contributed by atoms with Crippen molar-refractivity contribution in [2.75, 3.05) is 12.4 Å². The number of ether oxygens (including phenoxy) is 1. The smallest absolute Gasteiger partial charge is 0.303 e. The first-order chi connectivity index (χ1) is 11.6. The first-order valence-electron chi connectivity index (χ1n) is 7.44. The van der Waals surface area contributed by atoms with Crippen molar-refractivity contribution in [1.29, 1.82) is 4.78 Å². The van der Waals surface area contributed by atoms with Crippen molar-refractivity contribution in [2.24, 2.45) is 0 Å². The Morgan fingerprint density at radius 2 is 2.17 bits per heavy atom. The van der Waals surface area contributed by atoms with Crippen LogP contribution in [0.2, 0.25) is 0 Å². The van der Waals surface area contributed by atoms with Crippen LogP contribution in [0.1, 0.15) is 17.5 Å². The summed E-state index contributed by atoms with van der Waals surface area (Å²) in [6, 6.07) is 6.99. The highest BCUT2D eigenvalue weighted by atomic mass is 32.2. The van der Waals surface area contributed by atoms with Crippen molar-refractivity contribution in [1.82, 2.24) is 9.71 Å². The lowest BCUT2D eigenvalue weighted by atomic mass is 9.98. The number of hydrogen-bond donors (Lipinski definition) is 3. The molecule has 0 radical (unpaired) electrons. The van der Waals surface area contributed by atoms with Crippen LogP contribution in [0.15, 0.2) is 30.5 Å². The zero-order chi connectivity index (χ0) is 17.1. The van der Waals surface area contributed by atoms with Gasteiger partial charge in [0.1, 0.15) is 0 Å². The highest BCUT2D eigenvalue weighted by Crippen LogP contribution is 2.38. The number of rotatable bonds is 4. The Balaban J connectivity index is 2.07. The van der Waals surface area contributed by atoms with Crippen molar-refractivity contribution < 1.29 is 13.7 Å². The van der Waals surface area contributed by atoms with E-state index in [0.29, 0.717) is 11.6 Å². The fourth-order valence-corrected chi connectivity index (χ4v) is 3.18. The van der Waals surface area contributed by atoms with Gasteiger partial charge in [-0.05, 0) is 42.0 Å². The molecule has 1 aromatic carbocycles. The van der Waals surface area contributed by atoms with Crippen LogP contribution in [0.4, 0.5) is 10.5 Å². The number of aromatic nitrogens is 1. The van der Waals surface area contributed by atoms with E-state index in [1.807, 2.05) is 16.9 Å². The van der Waals surface area contributed by atoms with Gasteiger partial charge in [0.05, 0.1) is 12.8 Å².